The number of nitrogens with one attached hydrogen (secondary N) is 4. The van der Waals surface area contributed by atoms with Crippen molar-refractivity contribution in [2.75, 3.05) is 20.3 Å². The van der Waals surface area contributed by atoms with Crippen LogP contribution in [0.3, 0.4) is 0 Å². The first-order chi connectivity index (χ1) is 28.1. The minimum absolute atomic E-state index is 0.100. The maximum absolute atomic E-state index is 14.0. The van der Waals surface area contributed by atoms with Crippen LogP contribution in [-0.2, 0) is 19.1 Å². The van der Waals surface area contributed by atoms with E-state index in [4.69, 9.17) is 14.5 Å². The minimum Gasteiger partial charge on any atom is -0.465 e. The van der Waals surface area contributed by atoms with Crippen LogP contribution in [0.2, 0.25) is 0 Å². The van der Waals surface area contributed by atoms with Gasteiger partial charge >= 0.3 is 12.2 Å². The number of rotatable bonds is 9. The number of likely N-dealkylation sites (tertiary alicyclic amines) is 2. The number of H-pyrrole nitrogens is 2. The van der Waals surface area contributed by atoms with Gasteiger partial charge in [-0.25, -0.2) is 19.6 Å². The second kappa shape index (κ2) is 15.1. The Kier molecular flexibility index (Phi) is 9.83. The number of alkyl carbamates (subject to hydrolysis) is 1. The number of imidazole rings is 2. The molecule has 2 saturated carbocycles. The number of aromatic amines is 2. The molecule has 2 aliphatic carbocycles. The molecule has 9 rings (SSSR count). The van der Waals surface area contributed by atoms with Crippen LogP contribution < -0.4 is 10.6 Å². The van der Waals surface area contributed by atoms with E-state index < -0.39 is 24.3 Å². The number of aromatic nitrogens is 4. The summed E-state index contributed by atoms with van der Waals surface area (Å²) < 4.78 is 10.3. The normalized spacial score (nSPS) is 25.7. The Bertz CT molecular complexity index is 2320. The van der Waals surface area contributed by atoms with E-state index in [0.717, 1.165) is 59.1 Å². The van der Waals surface area contributed by atoms with Crippen molar-refractivity contribution in [3.8, 4) is 23.1 Å². The van der Waals surface area contributed by atoms with Crippen molar-refractivity contribution >= 4 is 34.8 Å². The summed E-state index contributed by atoms with van der Waals surface area (Å²) in [5, 5.41) is 16.9. The lowest BCUT2D eigenvalue weighted by Gasteiger charge is -2.35. The lowest BCUT2D eigenvalue weighted by molar-refractivity contribution is -0.138. The van der Waals surface area contributed by atoms with Crippen LogP contribution in [0.15, 0.2) is 48.8 Å². The number of carbonyl (C=O) groups is 4. The third-order valence-corrected chi connectivity index (χ3v) is 12.7. The number of carbonyl (C=O) groups excluding carboxylic acids is 3. The molecule has 4 amide bonds. The Morgan fingerprint density at radius 1 is 0.845 bits per heavy atom. The minimum atomic E-state index is -1.20. The van der Waals surface area contributed by atoms with Crippen LogP contribution in [0.25, 0.3) is 22.0 Å². The van der Waals surface area contributed by atoms with E-state index in [-0.39, 0.29) is 47.8 Å². The van der Waals surface area contributed by atoms with Crippen molar-refractivity contribution in [1.82, 2.24) is 40.4 Å². The molecule has 2 aromatic heterocycles. The van der Waals surface area contributed by atoms with Gasteiger partial charge in [-0.3, -0.25) is 9.59 Å². The van der Waals surface area contributed by atoms with Gasteiger partial charge in [0.05, 0.1) is 37.3 Å². The molecule has 5 aliphatic rings. The maximum Gasteiger partial charge on any atom is 0.407 e. The molecule has 8 atom stereocenters. The van der Waals surface area contributed by atoms with Crippen LogP contribution in [0.1, 0.15) is 87.4 Å². The second-order valence-corrected chi connectivity index (χ2v) is 16.7. The SMILES string of the molecule is COC(=O)N[C@H](C(=O)N1[C@@H]2C[C@@H]2C[C@H]1c1ncc(-c2ccc3cc(C#Cc4cnc([C@@H]5C[C@H]6C[C@H]6N5C(=O)[C@@H](NC(=O)O)C5CCOCC5)[nH]4)ccc3c2)[nH]1)C(C)C. The number of amides is 4. The zero-order valence-corrected chi connectivity index (χ0v) is 32.7. The monoisotopic (exact) mass is 788 g/mol. The number of piperidine rings is 2. The number of nitrogens with zero attached hydrogens (tertiary/aromatic N) is 4. The van der Waals surface area contributed by atoms with E-state index >= 15 is 0 Å². The Morgan fingerprint density at radius 2 is 1.50 bits per heavy atom. The molecule has 0 radical (unpaired) electrons. The van der Waals surface area contributed by atoms with Gasteiger partial charge in [0.15, 0.2) is 0 Å². The molecule has 5 heterocycles. The van der Waals surface area contributed by atoms with Gasteiger partial charge in [-0.2, -0.15) is 0 Å². The van der Waals surface area contributed by atoms with E-state index in [0.29, 0.717) is 49.4 Å². The Morgan fingerprint density at radius 3 is 2.19 bits per heavy atom. The molecular formula is C43H48N8O7. The third-order valence-electron chi connectivity index (χ3n) is 12.7. The average molecular weight is 789 g/mol. The summed E-state index contributed by atoms with van der Waals surface area (Å²) in [6.45, 7) is 4.86. The molecule has 3 aliphatic heterocycles. The molecule has 0 unspecified atom stereocenters. The summed E-state index contributed by atoms with van der Waals surface area (Å²) in [6, 6.07) is 10.6. The van der Waals surface area contributed by atoms with Gasteiger partial charge in [-0.05, 0) is 97.1 Å². The molecule has 0 bridgehead atoms. The molecule has 58 heavy (non-hydrogen) atoms. The van der Waals surface area contributed by atoms with Gasteiger partial charge in [-0.15, -0.1) is 0 Å². The highest BCUT2D eigenvalue weighted by Crippen LogP contribution is 2.54. The number of fused-ring (bicyclic) bond motifs is 3. The summed E-state index contributed by atoms with van der Waals surface area (Å²) in [4.78, 5) is 71.5. The number of ether oxygens (including phenoxy) is 2. The van der Waals surface area contributed by atoms with E-state index in [2.05, 4.69) is 49.6 Å². The van der Waals surface area contributed by atoms with Gasteiger partial charge in [-0.1, -0.05) is 38.0 Å². The average Bonchev–Trinajstić information content (AvgIpc) is 3.82. The highest BCUT2D eigenvalue weighted by atomic mass is 16.5. The zero-order valence-electron chi connectivity index (χ0n) is 32.7. The molecule has 5 fully saturated rings. The van der Waals surface area contributed by atoms with E-state index in [1.807, 2.05) is 54.1 Å². The van der Waals surface area contributed by atoms with Crippen LogP contribution in [0, 0.1) is 35.5 Å². The lowest BCUT2D eigenvalue weighted by Crippen LogP contribution is -2.53. The van der Waals surface area contributed by atoms with Gasteiger partial charge in [0, 0.05) is 36.4 Å². The van der Waals surface area contributed by atoms with Crippen LogP contribution in [0.4, 0.5) is 9.59 Å². The first-order valence-electron chi connectivity index (χ1n) is 20.3. The smallest absolute Gasteiger partial charge is 0.407 e. The predicted molar refractivity (Wildman–Crippen MR) is 211 cm³/mol. The van der Waals surface area contributed by atoms with Gasteiger partial charge in [0.1, 0.15) is 29.4 Å². The van der Waals surface area contributed by atoms with Crippen molar-refractivity contribution in [3.05, 3.63) is 71.7 Å². The van der Waals surface area contributed by atoms with Crippen molar-refractivity contribution in [2.24, 2.45) is 23.7 Å². The van der Waals surface area contributed by atoms with Crippen LogP contribution in [0.5, 0.6) is 0 Å². The number of hydrogen-bond acceptors (Lipinski definition) is 8. The highest BCUT2D eigenvalue weighted by molar-refractivity contribution is 5.89. The first-order valence-corrected chi connectivity index (χ1v) is 20.3. The molecule has 15 heteroatoms. The number of carboxylic acid groups (broad SMARTS) is 1. The summed E-state index contributed by atoms with van der Waals surface area (Å²) in [6.07, 6.45) is 6.46. The third kappa shape index (κ3) is 7.25. The molecule has 3 saturated heterocycles. The zero-order chi connectivity index (χ0) is 40.2. The van der Waals surface area contributed by atoms with E-state index in [1.165, 1.54) is 7.11 Å². The van der Waals surface area contributed by atoms with Gasteiger partial charge in [0.2, 0.25) is 11.8 Å². The first kappa shape index (κ1) is 37.7. The fourth-order valence-corrected chi connectivity index (χ4v) is 9.47. The summed E-state index contributed by atoms with van der Waals surface area (Å²) >= 11 is 0. The number of methoxy groups -OCH3 is 1. The van der Waals surface area contributed by atoms with Crippen molar-refractivity contribution < 1.29 is 33.8 Å². The Hall–Kier alpha value is -5.88. The molecule has 5 N–H and O–H groups in total. The highest BCUT2D eigenvalue weighted by Gasteiger charge is 2.57. The van der Waals surface area contributed by atoms with Crippen molar-refractivity contribution in [3.63, 3.8) is 0 Å². The Labute approximate surface area is 335 Å². The largest absolute Gasteiger partial charge is 0.465 e. The molecule has 15 nitrogen and oxygen atoms in total. The van der Waals surface area contributed by atoms with Gasteiger partial charge < -0.3 is 45.0 Å². The fourth-order valence-electron chi connectivity index (χ4n) is 9.47. The number of benzene rings is 2. The molecule has 302 valence electrons. The lowest BCUT2D eigenvalue weighted by atomic mass is 9.90. The molecule has 2 aromatic carbocycles. The second-order valence-electron chi connectivity index (χ2n) is 16.7. The van der Waals surface area contributed by atoms with Gasteiger partial charge in [0.25, 0.3) is 0 Å². The maximum atomic E-state index is 14.0. The molecule has 4 aromatic rings. The van der Waals surface area contributed by atoms with Crippen molar-refractivity contribution in [2.45, 2.75) is 88.6 Å². The van der Waals surface area contributed by atoms with Crippen LogP contribution in [-0.4, -0.2) is 103 Å². The van der Waals surface area contributed by atoms with E-state index in [9.17, 15) is 24.3 Å². The molecule has 0 spiro atoms. The summed E-state index contributed by atoms with van der Waals surface area (Å²) in [5.74, 6) is 8.17. The van der Waals surface area contributed by atoms with Crippen LogP contribution >= 0.6 is 0 Å². The fraction of sp³-hybridized carbons (Fsp3) is 0.488. The summed E-state index contributed by atoms with van der Waals surface area (Å²) in [7, 11) is 1.30. The van der Waals surface area contributed by atoms with Crippen molar-refractivity contribution in [1.29, 1.82) is 0 Å². The topological polar surface area (TPSA) is 195 Å². The quantitative estimate of drug-likeness (QED) is 0.143. The predicted octanol–water partition coefficient (Wildman–Crippen LogP) is 5.12. The Balaban J connectivity index is 0.880. The summed E-state index contributed by atoms with van der Waals surface area (Å²) in [5.41, 5.74) is 3.30. The molecular weight excluding hydrogens is 741 g/mol. The standard InChI is InChI=1S/C43H48N8O7/c1-22(2)36(49-43(56)57-3)40(52)50-32-16-29(32)19-35(50)39-45-21-31(47-39)27-8-7-25-14-23(4-6-26(25)15-27)5-9-30-20-44-38(46-30)34-18-28-17-33(28)51(34)41(53)37(48-42(54)55)24-10-12-58-13-11-24/h4,6-8,14-15,20-22,24,28-29,32-37,48H,10-13,16-19H2,1-3H3,(H,44,46)(H,45,47)(H,49,56)(H,54,55)/t28-,29-,32-,33-,34+,35+,36+,37+/m1/s1. The van der Waals surface area contributed by atoms with E-state index in [1.54, 1.807) is 6.20 Å². The number of hydrogen-bond donors (Lipinski definition) is 5.